The molecule has 1 saturated carbocycles. The SMILES string of the molecule is CC1(C)C(=O)Nc2nccc(C3CC(Nc4ncc(Cl)cn4)C3)c21. The number of nitrogens with zero attached hydrogens (tertiary/aromatic N) is 3. The molecule has 2 aromatic rings. The molecule has 1 amide bonds. The van der Waals surface area contributed by atoms with Crippen LogP contribution >= 0.6 is 11.6 Å². The highest BCUT2D eigenvalue weighted by Gasteiger charge is 2.44. The molecule has 124 valence electrons. The Labute approximate surface area is 145 Å². The van der Waals surface area contributed by atoms with Crippen molar-refractivity contribution in [2.75, 3.05) is 10.6 Å². The van der Waals surface area contributed by atoms with Crippen molar-refractivity contribution in [1.29, 1.82) is 0 Å². The van der Waals surface area contributed by atoms with Crippen LogP contribution in [-0.2, 0) is 10.2 Å². The molecule has 1 fully saturated rings. The number of fused-ring (bicyclic) bond motifs is 1. The topological polar surface area (TPSA) is 79.8 Å². The highest BCUT2D eigenvalue weighted by atomic mass is 35.5. The number of nitrogens with one attached hydrogen (secondary N) is 2. The molecule has 24 heavy (non-hydrogen) atoms. The summed E-state index contributed by atoms with van der Waals surface area (Å²) in [4.78, 5) is 24.8. The summed E-state index contributed by atoms with van der Waals surface area (Å²) >= 11 is 5.80. The van der Waals surface area contributed by atoms with E-state index in [9.17, 15) is 4.79 Å². The summed E-state index contributed by atoms with van der Waals surface area (Å²) < 4.78 is 0. The zero-order chi connectivity index (χ0) is 16.9. The number of rotatable bonds is 3. The number of anilines is 2. The normalized spacial score (nSPS) is 24.0. The van der Waals surface area contributed by atoms with Gasteiger partial charge in [0, 0.05) is 17.8 Å². The first-order valence-corrected chi connectivity index (χ1v) is 8.38. The van der Waals surface area contributed by atoms with E-state index in [4.69, 9.17) is 11.6 Å². The van der Waals surface area contributed by atoms with Crippen LogP contribution in [0.2, 0.25) is 5.02 Å². The Bertz CT molecular complexity index is 799. The van der Waals surface area contributed by atoms with E-state index in [1.165, 1.54) is 5.56 Å². The van der Waals surface area contributed by atoms with Crippen LogP contribution in [0.15, 0.2) is 24.7 Å². The fourth-order valence-electron chi connectivity index (χ4n) is 3.50. The first kappa shape index (κ1) is 15.3. The molecule has 2 aromatic heterocycles. The predicted octanol–water partition coefficient (Wildman–Crippen LogP) is 3.11. The van der Waals surface area contributed by atoms with Gasteiger partial charge >= 0.3 is 0 Å². The number of carbonyl (C=O) groups excluding carboxylic acids is 1. The fraction of sp³-hybridized carbons (Fsp3) is 0.412. The van der Waals surface area contributed by atoms with Crippen molar-refractivity contribution in [3.8, 4) is 0 Å². The van der Waals surface area contributed by atoms with Gasteiger partial charge in [-0.2, -0.15) is 0 Å². The summed E-state index contributed by atoms with van der Waals surface area (Å²) in [5.41, 5.74) is 1.73. The van der Waals surface area contributed by atoms with E-state index >= 15 is 0 Å². The Morgan fingerprint density at radius 3 is 2.67 bits per heavy atom. The zero-order valence-electron chi connectivity index (χ0n) is 13.5. The van der Waals surface area contributed by atoms with E-state index < -0.39 is 5.41 Å². The molecule has 0 atom stereocenters. The van der Waals surface area contributed by atoms with E-state index in [-0.39, 0.29) is 5.91 Å². The fourth-order valence-corrected chi connectivity index (χ4v) is 3.60. The highest BCUT2D eigenvalue weighted by molar-refractivity contribution is 6.30. The van der Waals surface area contributed by atoms with Gasteiger partial charge in [0.2, 0.25) is 11.9 Å². The molecular formula is C17H18ClN5O. The lowest BCUT2D eigenvalue weighted by Crippen LogP contribution is -2.36. The van der Waals surface area contributed by atoms with Crippen molar-refractivity contribution < 1.29 is 4.79 Å². The summed E-state index contributed by atoms with van der Waals surface area (Å²) in [7, 11) is 0. The molecule has 1 aliphatic carbocycles. The minimum absolute atomic E-state index is 0.0148. The molecule has 0 unspecified atom stereocenters. The number of carbonyl (C=O) groups is 1. The van der Waals surface area contributed by atoms with E-state index in [1.54, 1.807) is 18.6 Å². The largest absolute Gasteiger partial charge is 0.351 e. The van der Waals surface area contributed by atoms with Crippen molar-refractivity contribution >= 4 is 29.3 Å². The smallest absolute Gasteiger partial charge is 0.235 e. The average Bonchev–Trinajstić information content (AvgIpc) is 2.74. The third kappa shape index (κ3) is 2.41. The van der Waals surface area contributed by atoms with Crippen LogP contribution in [0.5, 0.6) is 0 Å². The Kier molecular flexibility index (Phi) is 3.46. The van der Waals surface area contributed by atoms with E-state index in [1.807, 2.05) is 19.9 Å². The lowest BCUT2D eigenvalue weighted by Gasteiger charge is -2.38. The highest BCUT2D eigenvalue weighted by Crippen LogP contribution is 2.46. The lowest BCUT2D eigenvalue weighted by atomic mass is 9.71. The second kappa shape index (κ2) is 5.41. The maximum absolute atomic E-state index is 12.2. The average molecular weight is 344 g/mol. The van der Waals surface area contributed by atoms with Crippen LogP contribution in [0.1, 0.15) is 43.7 Å². The predicted molar refractivity (Wildman–Crippen MR) is 92.3 cm³/mol. The van der Waals surface area contributed by atoms with Crippen LogP contribution in [0.3, 0.4) is 0 Å². The second-order valence-corrected chi connectivity index (χ2v) is 7.37. The molecule has 0 saturated heterocycles. The van der Waals surface area contributed by atoms with E-state index in [0.29, 0.717) is 28.7 Å². The van der Waals surface area contributed by atoms with Crippen LogP contribution in [-0.4, -0.2) is 26.9 Å². The number of pyridine rings is 1. The Morgan fingerprint density at radius 2 is 1.96 bits per heavy atom. The molecule has 4 rings (SSSR count). The van der Waals surface area contributed by atoms with Gasteiger partial charge < -0.3 is 10.6 Å². The second-order valence-electron chi connectivity index (χ2n) is 6.94. The van der Waals surface area contributed by atoms with Gasteiger partial charge in [-0.3, -0.25) is 4.79 Å². The zero-order valence-corrected chi connectivity index (χ0v) is 14.3. The summed E-state index contributed by atoms with van der Waals surface area (Å²) in [5.74, 6) is 1.74. The molecule has 2 N–H and O–H groups in total. The van der Waals surface area contributed by atoms with Crippen molar-refractivity contribution in [2.45, 2.75) is 44.1 Å². The van der Waals surface area contributed by atoms with Gasteiger partial charge in [0.05, 0.1) is 22.8 Å². The van der Waals surface area contributed by atoms with Gasteiger partial charge in [0.15, 0.2) is 0 Å². The molecular weight excluding hydrogens is 326 g/mol. The van der Waals surface area contributed by atoms with E-state index in [2.05, 4.69) is 25.6 Å². The van der Waals surface area contributed by atoms with Crippen molar-refractivity contribution in [3.05, 3.63) is 40.8 Å². The molecule has 0 aromatic carbocycles. The standard InChI is InChI=1S/C17H18ClN5O/c1-17(2)13-12(3-4-19-14(13)23-15(17)24)9-5-11(6-9)22-16-20-7-10(18)8-21-16/h3-4,7-9,11H,5-6H2,1-2H3,(H,19,23,24)(H,20,21,22). The van der Waals surface area contributed by atoms with Crippen LogP contribution in [0, 0.1) is 0 Å². The van der Waals surface area contributed by atoms with Crippen molar-refractivity contribution in [1.82, 2.24) is 15.0 Å². The number of aromatic nitrogens is 3. The number of halogens is 1. The summed E-state index contributed by atoms with van der Waals surface area (Å²) in [6.45, 7) is 3.91. The Morgan fingerprint density at radius 1 is 1.25 bits per heavy atom. The van der Waals surface area contributed by atoms with Crippen LogP contribution < -0.4 is 10.6 Å². The van der Waals surface area contributed by atoms with Crippen molar-refractivity contribution in [3.63, 3.8) is 0 Å². The minimum atomic E-state index is -0.531. The van der Waals surface area contributed by atoms with Crippen LogP contribution in [0.25, 0.3) is 0 Å². The van der Waals surface area contributed by atoms with Gasteiger partial charge in [-0.1, -0.05) is 11.6 Å². The molecule has 0 radical (unpaired) electrons. The van der Waals surface area contributed by atoms with Crippen molar-refractivity contribution in [2.24, 2.45) is 0 Å². The quantitative estimate of drug-likeness (QED) is 0.895. The molecule has 7 heteroatoms. The maximum atomic E-state index is 12.2. The first-order valence-electron chi connectivity index (χ1n) is 8.00. The molecule has 0 spiro atoms. The van der Waals surface area contributed by atoms with Gasteiger partial charge in [-0.15, -0.1) is 0 Å². The third-order valence-electron chi connectivity index (χ3n) is 4.94. The third-order valence-corrected chi connectivity index (χ3v) is 5.13. The van der Waals surface area contributed by atoms with Gasteiger partial charge in [-0.25, -0.2) is 15.0 Å². The summed E-state index contributed by atoms with van der Waals surface area (Å²) in [5, 5.41) is 6.74. The number of hydrogen-bond donors (Lipinski definition) is 2. The monoisotopic (exact) mass is 343 g/mol. The van der Waals surface area contributed by atoms with Gasteiger partial charge in [0.1, 0.15) is 5.82 Å². The van der Waals surface area contributed by atoms with Gasteiger partial charge in [-0.05, 0) is 44.2 Å². The van der Waals surface area contributed by atoms with E-state index in [0.717, 1.165) is 18.4 Å². The minimum Gasteiger partial charge on any atom is -0.351 e. The number of hydrogen-bond acceptors (Lipinski definition) is 5. The van der Waals surface area contributed by atoms with Crippen LogP contribution in [0.4, 0.5) is 11.8 Å². The molecule has 2 aliphatic rings. The molecule has 0 bridgehead atoms. The summed E-state index contributed by atoms with van der Waals surface area (Å²) in [6.07, 6.45) is 6.91. The maximum Gasteiger partial charge on any atom is 0.235 e. The van der Waals surface area contributed by atoms with Gasteiger partial charge in [0.25, 0.3) is 0 Å². The molecule has 3 heterocycles. The molecule has 6 nitrogen and oxygen atoms in total. The number of amides is 1. The molecule has 1 aliphatic heterocycles. The Balaban J connectivity index is 1.50. The summed E-state index contributed by atoms with van der Waals surface area (Å²) in [6, 6.07) is 2.37. The Hall–Kier alpha value is -2.21. The lowest BCUT2D eigenvalue weighted by molar-refractivity contribution is -0.119. The first-order chi connectivity index (χ1) is 11.4.